The van der Waals surface area contributed by atoms with E-state index >= 15 is 0 Å². The van der Waals surface area contributed by atoms with Crippen molar-refractivity contribution in [3.63, 3.8) is 0 Å². The van der Waals surface area contributed by atoms with E-state index in [0.29, 0.717) is 29.3 Å². The van der Waals surface area contributed by atoms with Crippen molar-refractivity contribution in [2.75, 3.05) is 25.7 Å². The van der Waals surface area contributed by atoms with Crippen molar-refractivity contribution in [1.29, 1.82) is 0 Å². The lowest BCUT2D eigenvalue weighted by molar-refractivity contribution is 0.353. The second-order valence-electron chi connectivity index (χ2n) is 7.27. The second kappa shape index (κ2) is 6.82. The van der Waals surface area contributed by atoms with Gasteiger partial charge in [0.15, 0.2) is 11.5 Å². The number of aryl methyl sites for hydroxylation is 1. The van der Waals surface area contributed by atoms with Crippen LogP contribution in [0.5, 0.6) is 11.5 Å². The molecule has 0 radical (unpaired) electrons. The van der Waals surface area contributed by atoms with E-state index in [0.717, 1.165) is 23.1 Å². The van der Waals surface area contributed by atoms with Crippen LogP contribution in [-0.4, -0.2) is 20.8 Å². The molecule has 0 unspecified atom stereocenters. The molecule has 144 valence electrons. The second-order valence-corrected chi connectivity index (χ2v) is 7.27. The zero-order chi connectivity index (χ0) is 20.0. The number of methoxy groups -OCH3 is 2. The molecule has 0 N–H and O–H groups in total. The number of hydrogen-bond acceptors (Lipinski definition) is 5. The number of nitrogens with zero attached hydrogens (tertiary/aromatic N) is 1. The molecule has 3 aromatic carbocycles. The van der Waals surface area contributed by atoms with Gasteiger partial charge in [-0.1, -0.05) is 29.8 Å². The summed E-state index contributed by atoms with van der Waals surface area (Å²) < 4.78 is 10.9. The monoisotopic (exact) mass is 377 g/mol. The largest absolute Gasteiger partial charge is 0.493 e. The molecule has 0 aromatic heterocycles. The maximum Gasteiger partial charge on any atom is 0.250 e. The Balaban J connectivity index is 1.77. The average molecular weight is 377 g/mol. The number of anilines is 1. The van der Waals surface area contributed by atoms with Crippen LogP contribution in [0, 0.1) is 6.92 Å². The van der Waals surface area contributed by atoms with Crippen LogP contribution in [-0.2, 0) is 6.42 Å². The van der Waals surface area contributed by atoms with Gasteiger partial charge < -0.3 is 14.4 Å². The van der Waals surface area contributed by atoms with Gasteiger partial charge in [-0.15, -0.1) is 0 Å². The van der Waals surface area contributed by atoms with Crippen molar-refractivity contribution in [3.05, 3.63) is 73.5 Å². The number of rotatable bonds is 4. The molecule has 1 atom stereocenters. The maximum atomic E-state index is 12.5. The van der Waals surface area contributed by atoms with Gasteiger partial charge in [0.05, 0.1) is 25.8 Å². The van der Waals surface area contributed by atoms with E-state index in [1.54, 1.807) is 14.2 Å². The van der Waals surface area contributed by atoms with E-state index in [9.17, 15) is 9.59 Å². The van der Waals surface area contributed by atoms with Crippen LogP contribution in [0.3, 0.4) is 0 Å². The molecule has 0 bridgehead atoms. The highest BCUT2D eigenvalue weighted by Gasteiger charge is 2.33. The lowest BCUT2D eigenvalue weighted by atomic mass is 9.89. The van der Waals surface area contributed by atoms with Crippen LogP contribution >= 0.6 is 0 Å². The predicted molar refractivity (Wildman–Crippen MR) is 111 cm³/mol. The Hall–Kier alpha value is -3.08. The SMILES string of the molecule is COc1cc2c(cc1OC)[C@@H](C)N(c1c(-c3ccc(C)cc3)c(=O)c1=O)CC2. The Morgan fingerprint density at radius 3 is 2.25 bits per heavy atom. The van der Waals surface area contributed by atoms with Gasteiger partial charge in [0.25, 0.3) is 0 Å². The first kappa shape index (κ1) is 18.3. The minimum atomic E-state index is -0.399. The smallest absolute Gasteiger partial charge is 0.250 e. The molecule has 5 nitrogen and oxygen atoms in total. The summed E-state index contributed by atoms with van der Waals surface area (Å²) in [5.74, 6) is 1.37. The van der Waals surface area contributed by atoms with Crippen molar-refractivity contribution in [3.8, 4) is 22.6 Å². The third-order valence-electron chi connectivity index (χ3n) is 5.70. The van der Waals surface area contributed by atoms with E-state index in [2.05, 4.69) is 6.92 Å². The predicted octanol–water partition coefficient (Wildman–Crippen LogP) is 3.40. The molecule has 0 aliphatic carbocycles. The summed E-state index contributed by atoms with van der Waals surface area (Å²) in [6.45, 7) is 4.73. The zero-order valence-electron chi connectivity index (χ0n) is 16.5. The van der Waals surface area contributed by atoms with Crippen molar-refractivity contribution < 1.29 is 9.47 Å². The number of hydrogen-bond donors (Lipinski definition) is 0. The molecule has 4 rings (SSSR count). The fourth-order valence-electron chi connectivity index (χ4n) is 4.09. The third kappa shape index (κ3) is 2.70. The van der Waals surface area contributed by atoms with Crippen LogP contribution < -0.4 is 25.2 Å². The molecule has 3 aromatic rings. The van der Waals surface area contributed by atoms with E-state index in [4.69, 9.17) is 9.47 Å². The summed E-state index contributed by atoms with van der Waals surface area (Å²) in [5, 5.41) is 0. The Morgan fingerprint density at radius 2 is 1.61 bits per heavy atom. The van der Waals surface area contributed by atoms with Crippen LogP contribution in [0.15, 0.2) is 46.0 Å². The normalized spacial score (nSPS) is 16.1. The first-order chi connectivity index (χ1) is 13.5. The quantitative estimate of drug-likeness (QED) is 0.653. The van der Waals surface area contributed by atoms with Gasteiger partial charge in [-0.05, 0) is 49.1 Å². The van der Waals surface area contributed by atoms with Gasteiger partial charge in [0, 0.05) is 6.54 Å². The van der Waals surface area contributed by atoms with Crippen LogP contribution in [0.1, 0.15) is 29.7 Å². The van der Waals surface area contributed by atoms with Crippen LogP contribution in [0.2, 0.25) is 0 Å². The third-order valence-corrected chi connectivity index (χ3v) is 5.70. The Labute approximate surface area is 163 Å². The van der Waals surface area contributed by atoms with Crippen molar-refractivity contribution >= 4 is 5.69 Å². The standard InChI is InChI=1S/C23H23NO4/c1-13-5-7-15(8-6-13)20-21(23(26)22(20)25)24-10-9-16-11-18(27-3)19(28-4)12-17(16)14(24)2/h5-8,11-12,14H,9-10H2,1-4H3/t14-/m1/s1. The zero-order valence-corrected chi connectivity index (χ0v) is 16.5. The molecule has 5 heteroatoms. The number of benzene rings is 2. The first-order valence-corrected chi connectivity index (χ1v) is 9.38. The van der Waals surface area contributed by atoms with Gasteiger partial charge in [-0.2, -0.15) is 0 Å². The molecule has 0 amide bonds. The number of fused-ring (bicyclic) bond motifs is 1. The Kier molecular flexibility index (Phi) is 4.46. The molecule has 0 spiro atoms. The molecule has 28 heavy (non-hydrogen) atoms. The fourth-order valence-corrected chi connectivity index (χ4v) is 4.09. The lowest BCUT2D eigenvalue weighted by Crippen LogP contribution is -2.45. The summed E-state index contributed by atoms with van der Waals surface area (Å²) in [4.78, 5) is 26.9. The van der Waals surface area contributed by atoms with Crippen molar-refractivity contribution in [2.24, 2.45) is 0 Å². The summed E-state index contributed by atoms with van der Waals surface area (Å²) >= 11 is 0. The summed E-state index contributed by atoms with van der Waals surface area (Å²) in [6.07, 6.45) is 0.770. The van der Waals surface area contributed by atoms with Crippen molar-refractivity contribution in [2.45, 2.75) is 26.3 Å². The maximum absolute atomic E-state index is 12.5. The van der Waals surface area contributed by atoms with E-state index < -0.39 is 10.9 Å². The summed E-state index contributed by atoms with van der Waals surface area (Å²) in [7, 11) is 3.24. The Bertz CT molecular complexity index is 1110. The molecule has 0 saturated carbocycles. The van der Waals surface area contributed by atoms with Gasteiger partial charge in [0.2, 0.25) is 10.9 Å². The molecule has 1 aliphatic heterocycles. The highest BCUT2D eigenvalue weighted by Crippen LogP contribution is 2.41. The fraction of sp³-hybridized carbons (Fsp3) is 0.304. The molecular weight excluding hydrogens is 354 g/mol. The first-order valence-electron chi connectivity index (χ1n) is 9.38. The minimum Gasteiger partial charge on any atom is -0.493 e. The van der Waals surface area contributed by atoms with Crippen molar-refractivity contribution in [1.82, 2.24) is 0 Å². The van der Waals surface area contributed by atoms with Gasteiger partial charge >= 0.3 is 0 Å². The van der Waals surface area contributed by atoms with Gasteiger partial charge in [-0.25, -0.2) is 0 Å². The topological polar surface area (TPSA) is 55.8 Å². The molecule has 1 heterocycles. The summed E-state index contributed by atoms with van der Waals surface area (Å²) in [6, 6.07) is 11.7. The van der Waals surface area contributed by atoms with E-state index in [-0.39, 0.29) is 6.04 Å². The lowest BCUT2D eigenvalue weighted by Gasteiger charge is -2.38. The van der Waals surface area contributed by atoms with E-state index in [1.807, 2.05) is 48.2 Å². The van der Waals surface area contributed by atoms with E-state index in [1.165, 1.54) is 5.56 Å². The molecule has 0 saturated heterocycles. The molecular formula is C23H23NO4. The Morgan fingerprint density at radius 1 is 0.964 bits per heavy atom. The molecule has 1 aliphatic rings. The highest BCUT2D eigenvalue weighted by atomic mass is 16.5. The average Bonchev–Trinajstić information content (AvgIpc) is 2.72. The van der Waals surface area contributed by atoms with Gasteiger partial charge in [0.1, 0.15) is 5.69 Å². The molecule has 0 fully saturated rings. The van der Waals surface area contributed by atoms with Crippen LogP contribution in [0.25, 0.3) is 11.1 Å². The summed E-state index contributed by atoms with van der Waals surface area (Å²) in [5.41, 5.74) is 4.45. The highest BCUT2D eigenvalue weighted by molar-refractivity contribution is 5.83. The van der Waals surface area contributed by atoms with Gasteiger partial charge in [-0.3, -0.25) is 9.59 Å². The van der Waals surface area contributed by atoms with Crippen LogP contribution in [0.4, 0.5) is 5.69 Å². The number of ether oxygens (including phenoxy) is 2. The minimum absolute atomic E-state index is 0.0453.